The summed E-state index contributed by atoms with van der Waals surface area (Å²) in [6, 6.07) is 9.84. The van der Waals surface area contributed by atoms with Crippen LogP contribution >= 0.6 is 11.8 Å². The fourth-order valence-corrected chi connectivity index (χ4v) is 3.60. The van der Waals surface area contributed by atoms with Gasteiger partial charge in [0.25, 0.3) is 0 Å². The lowest BCUT2D eigenvalue weighted by atomic mass is 10.1. The highest BCUT2D eigenvalue weighted by atomic mass is 32.2. The first-order valence-electron chi connectivity index (χ1n) is 6.52. The second-order valence-electron chi connectivity index (χ2n) is 4.47. The lowest BCUT2D eigenvalue weighted by Gasteiger charge is -2.34. The Morgan fingerprint density at radius 3 is 2.58 bits per heavy atom. The lowest BCUT2D eigenvalue weighted by Crippen LogP contribution is -2.36. The van der Waals surface area contributed by atoms with Crippen molar-refractivity contribution in [3.63, 3.8) is 0 Å². The Hall–Kier alpha value is -1.26. The minimum absolute atomic E-state index is 0.118. The first-order chi connectivity index (χ1) is 9.19. The van der Waals surface area contributed by atoms with Gasteiger partial charge in [0.15, 0.2) is 0 Å². The van der Waals surface area contributed by atoms with Gasteiger partial charge in [-0.1, -0.05) is 30.3 Å². The van der Waals surface area contributed by atoms with Crippen LogP contribution in [0.2, 0.25) is 0 Å². The molecule has 1 aliphatic rings. The molecule has 0 aliphatic carbocycles. The van der Waals surface area contributed by atoms with Gasteiger partial charge in [-0.3, -0.25) is 4.79 Å². The molecule has 102 valence electrons. The van der Waals surface area contributed by atoms with Crippen molar-refractivity contribution in [2.24, 2.45) is 0 Å². The number of allylic oxidation sites excluding steroid dienone is 1. The van der Waals surface area contributed by atoms with Crippen LogP contribution in [0, 0.1) is 0 Å². The number of benzene rings is 1. The standard InChI is InChI=1S/C15H19NO2S/c1-3-16-11(2)13(9-10-17)19-14(15(16)18)12-7-5-4-6-8-12/h4-8,14,17H,3,9-10H2,1-2H3. The van der Waals surface area contributed by atoms with Gasteiger partial charge in [0, 0.05) is 30.2 Å². The first-order valence-corrected chi connectivity index (χ1v) is 7.40. The highest BCUT2D eigenvalue weighted by Gasteiger charge is 2.33. The maximum atomic E-state index is 12.5. The molecule has 0 aromatic heterocycles. The van der Waals surface area contributed by atoms with E-state index in [-0.39, 0.29) is 17.8 Å². The zero-order chi connectivity index (χ0) is 13.8. The molecule has 3 nitrogen and oxygen atoms in total. The van der Waals surface area contributed by atoms with Gasteiger partial charge in [-0.25, -0.2) is 0 Å². The minimum Gasteiger partial charge on any atom is -0.396 e. The van der Waals surface area contributed by atoms with E-state index in [0.717, 1.165) is 16.2 Å². The molecular formula is C15H19NO2S. The van der Waals surface area contributed by atoms with E-state index in [1.54, 1.807) is 11.8 Å². The van der Waals surface area contributed by atoms with Gasteiger partial charge in [0.1, 0.15) is 5.25 Å². The Bertz CT molecular complexity index is 484. The van der Waals surface area contributed by atoms with Crippen LogP contribution in [0.5, 0.6) is 0 Å². The zero-order valence-corrected chi connectivity index (χ0v) is 12.1. The van der Waals surface area contributed by atoms with Gasteiger partial charge in [0.2, 0.25) is 5.91 Å². The molecule has 1 heterocycles. The summed E-state index contributed by atoms with van der Waals surface area (Å²) >= 11 is 1.57. The molecule has 1 amide bonds. The molecule has 1 N–H and O–H groups in total. The zero-order valence-electron chi connectivity index (χ0n) is 11.3. The van der Waals surface area contributed by atoms with Crippen LogP contribution in [0.15, 0.2) is 40.9 Å². The van der Waals surface area contributed by atoms with Crippen molar-refractivity contribution < 1.29 is 9.90 Å². The average molecular weight is 277 g/mol. The van der Waals surface area contributed by atoms with Gasteiger partial charge in [-0.05, 0) is 19.4 Å². The van der Waals surface area contributed by atoms with E-state index in [0.29, 0.717) is 13.0 Å². The van der Waals surface area contributed by atoms with E-state index in [4.69, 9.17) is 5.11 Å². The van der Waals surface area contributed by atoms with Crippen LogP contribution in [0.1, 0.15) is 31.1 Å². The van der Waals surface area contributed by atoms with Crippen molar-refractivity contribution >= 4 is 17.7 Å². The summed E-state index contributed by atoms with van der Waals surface area (Å²) < 4.78 is 0. The Labute approximate surface area is 118 Å². The molecule has 1 aromatic rings. The fourth-order valence-electron chi connectivity index (χ4n) is 2.31. The predicted octanol–water partition coefficient (Wildman–Crippen LogP) is 2.94. The summed E-state index contributed by atoms with van der Waals surface area (Å²) in [6.45, 7) is 4.73. The maximum Gasteiger partial charge on any atom is 0.244 e. The second kappa shape index (κ2) is 6.26. The number of aliphatic hydroxyl groups is 1. The number of likely N-dealkylation sites (N-methyl/N-ethyl adjacent to an activating group) is 1. The Kier molecular flexibility index (Phi) is 4.66. The molecule has 1 aromatic carbocycles. The summed E-state index contributed by atoms with van der Waals surface area (Å²) in [5.74, 6) is 0.137. The maximum absolute atomic E-state index is 12.5. The number of carbonyl (C=O) groups excluding carboxylic acids is 1. The second-order valence-corrected chi connectivity index (χ2v) is 5.67. The molecule has 1 atom stereocenters. The molecule has 19 heavy (non-hydrogen) atoms. The topological polar surface area (TPSA) is 40.5 Å². The number of aliphatic hydroxyl groups excluding tert-OH is 1. The van der Waals surface area contributed by atoms with Crippen LogP contribution in [0.3, 0.4) is 0 Å². The average Bonchev–Trinajstić information content (AvgIpc) is 2.43. The third kappa shape index (κ3) is 2.85. The van der Waals surface area contributed by atoms with Crippen LogP contribution in [0.25, 0.3) is 0 Å². The number of hydrogen-bond acceptors (Lipinski definition) is 3. The molecular weight excluding hydrogens is 258 g/mol. The highest BCUT2D eigenvalue weighted by Crippen LogP contribution is 2.43. The number of rotatable bonds is 4. The SMILES string of the molecule is CCN1C(=O)C(c2ccccc2)SC(CCO)=C1C. The highest BCUT2D eigenvalue weighted by molar-refractivity contribution is 8.04. The summed E-state index contributed by atoms with van der Waals surface area (Å²) in [6.07, 6.45) is 0.615. The largest absolute Gasteiger partial charge is 0.396 e. The molecule has 0 fully saturated rings. The van der Waals surface area contributed by atoms with Crippen molar-refractivity contribution in [1.29, 1.82) is 0 Å². The predicted molar refractivity (Wildman–Crippen MR) is 78.6 cm³/mol. The van der Waals surface area contributed by atoms with Gasteiger partial charge >= 0.3 is 0 Å². The van der Waals surface area contributed by atoms with Crippen LogP contribution in [0.4, 0.5) is 0 Å². The first kappa shape index (κ1) is 14.2. The van der Waals surface area contributed by atoms with Crippen molar-refractivity contribution in [3.8, 4) is 0 Å². The summed E-state index contributed by atoms with van der Waals surface area (Å²) in [5, 5.41) is 8.98. The number of thioether (sulfide) groups is 1. The Balaban J connectivity index is 2.35. The van der Waals surface area contributed by atoms with Gasteiger partial charge in [-0.15, -0.1) is 11.8 Å². The Morgan fingerprint density at radius 1 is 1.32 bits per heavy atom. The molecule has 0 radical (unpaired) electrons. The van der Waals surface area contributed by atoms with Gasteiger partial charge in [-0.2, -0.15) is 0 Å². The summed E-state index contributed by atoms with van der Waals surface area (Å²) in [4.78, 5) is 15.5. The van der Waals surface area contributed by atoms with E-state index in [2.05, 4.69) is 0 Å². The van der Waals surface area contributed by atoms with Crippen molar-refractivity contribution in [2.45, 2.75) is 25.5 Å². The van der Waals surface area contributed by atoms with E-state index < -0.39 is 0 Å². The number of carbonyl (C=O) groups is 1. The molecule has 1 aliphatic heterocycles. The number of nitrogens with zero attached hydrogens (tertiary/aromatic N) is 1. The van der Waals surface area contributed by atoms with Gasteiger partial charge in [0.05, 0.1) is 0 Å². The van der Waals surface area contributed by atoms with Crippen molar-refractivity contribution in [1.82, 2.24) is 4.90 Å². The molecule has 0 spiro atoms. The quantitative estimate of drug-likeness (QED) is 0.920. The van der Waals surface area contributed by atoms with Gasteiger partial charge < -0.3 is 10.0 Å². The third-order valence-electron chi connectivity index (χ3n) is 3.32. The van der Waals surface area contributed by atoms with E-state index in [1.165, 1.54) is 0 Å². The molecule has 0 bridgehead atoms. The normalized spacial score (nSPS) is 20.1. The van der Waals surface area contributed by atoms with E-state index >= 15 is 0 Å². The monoisotopic (exact) mass is 277 g/mol. The number of amides is 1. The smallest absolute Gasteiger partial charge is 0.244 e. The molecule has 0 saturated heterocycles. The molecule has 4 heteroatoms. The van der Waals surface area contributed by atoms with E-state index in [9.17, 15) is 4.79 Å². The third-order valence-corrected chi connectivity index (χ3v) is 4.81. The van der Waals surface area contributed by atoms with Crippen LogP contribution in [-0.2, 0) is 4.79 Å². The molecule has 0 saturated carbocycles. The van der Waals surface area contributed by atoms with Crippen molar-refractivity contribution in [3.05, 3.63) is 46.5 Å². The minimum atomic E-state index is -0.189. The van der Waals surface area contributed by atoms with E-state index in [1.807, 2.05) is 49.1 Å². The molecule has 1 unspecified atom stereocenters. The fraction of sp³-hybridized carbons (Fsp3) is 0.400. The number of hydrogen-bond donors (Lipinski definition) is 1. The lowest BCUT2D eigenvalue weighted by molar-refractivity contribution is -0.128. The van der Waals surface area contributed by atoms with Crippen molar-refractivity contribution in [2.75, 3.05) is 13.2 Å². The summed E-state index contributed by atoms with van der Waals surface area (Å²) in [7, 11) is 0. The van der Waals surface area contributed by atoms with Crippen LogP contribution < -0.4 is 0 Å². The molecule has 2 rings (SSSR count). The Morgan fingerprint density at radius 2 is 2.00 bits per heavy atom. The van der Waals surface area contributed by atoms with Crippen LogP contribution in [-0.4, -0.2) is 29.1 Å². The summed E-state index contributed by atoms with van der Waals surface area (Å²) in [5.41, 5.74) is 2.01.